The summed E-state index contributed by atoms with van der Waals surface area (Å²) >= 11 is 0. The molecule has 1 aliphatic heterocycles. The molecule has 1 aliphatic rings. The van der Waals surface area contributed by atoms with Gasteiger partial charge in [-0.05, 0) is 48.7 Å². The highest BCUT2D eigenvalue weighted by molar-refractivity contribution is 5.41. The summed E-state index contributed by atoms with van der Waals surface area (Å²) in [6.45, 7) is 2.88. The van der Waals surface area contributed by atoms with E-state index in [0.717, 1.165) is 23.6 Å². The molecule has 2 aromatic carbocycles. The molecule has 0 aromatic heterocycles. The largest absolute Gasteiger partial charge is 0.292 e. The number of rotatable bonds is 3. The average molecular weight is 318 g/mol. The molecule has 1 unspecified atom stereocenters. The minimum Gasteiger partial charge on any atom is -0.292 e. The van der Waals surface area contributed by atoms with Gasteiger partial charge in [-0.2, -0.15) is 0 Å². The number of fused-ring (bicyclic) bond motifs is 1. The first-order valence-corrected chi connectivity index (χ1v) is 7.41. The third kappa shape index (κ3) is 3.07. The molecule has 0 bridgehead atoms. The minimum atomic E-state index is -0.503. The molecule has 0 aliphatic carbocycles. The smallest absolute Gasteiger partial charge is 0.274 e. The molecule has 0 spiro atoms. The molecule has 0 saturated heterocycles. The lowest BCUT2D eigenvalue weighted by molar-refractivity contribution is -0.385. The van der Waals surface area contributed by atoms with Crippen LogP contribution in [-0.2, 0) is 13.0 Å². The second kappa shape index (κ2) is 6.04. The topological polar surface area (TPSA) is 46.4 Å². The van der Waals surface area contributed by atoms with E-state index in [9.17, 15) is 18.9 Å². The minimum absolute atomic E-state index is 0.0858. The van der Waals surface area contributed by atoms with Crippen LogP contribution in [0.4, 0.5) is 14.5 Å². The number of hydrogen-bond acceptors (Lipinski definition) is 3. The van der Waals surface area contributed by atoms with Crippen molar-refractivity contribution >= 4 is 5.69 Å². The van der Waals surface area contributed by atoms with Gasteiger partial charge in [0.15, 0.2) is 0 Å². The molecule has 0 radical (unpaired) electrons. The number of nitrogens with zero attached hydrogens (tertiary/aromatic N) is 2. The number of nitro benzene ring substituents is 1. The zero-order chi connectivity index (χ0) is 16.6. The Balaban J connectivity index is 1.90. The Bertz CT molecular complexity index is 764. The molecular weight excluding hydrogens is 302 g/mol. The molecule has 120 valence electrons. The van der Waals surface area contributed by atoms with Crippen molar-refractivity contribution in [3.63, 3.8) is 0 Å². The van der Waals surface area contributed by atoms with E-state index in [1.807, 2.05) is 11.8 Å². The third-order valence-corrected chi connectivity index (χ3v) is 4.39. The maximum absolute atomic E-state index is 13.5. The molecule has 4 nitrogen and oxygen atoms in total. The van der Waals surface area contributed by atoms with Crippen LogP contribution >= 0.6 is 0 Å². The molecule has 3 rings (SSSR count). The van der Waals surface area contributed by atoms with Gasteiger partial charge in [0.25, 0.3) is 5.69 Å². The first-order valence-electron chi connectivity index (χ1n) is 7.41. The quantitative estimate of drug-likeness (QED) is 0.635. The molecule has 6 heteroatoms. The van der Waals surface area contributed by atoms with Gasteiger partial charge in [0.05, 0.1) is 4.92 Å². The van der Waals surface area contributed by atoms with Crippen molar-refractivity contribution in [3.05, 3.63) is 74.8 Å². The Morgan fingerprint density at radius 3 is 2.65 bits per heavy atom. The highest BCUT2D eigenvalue weighted by Crippen LogP contribution is 2.32. The summed E-state index contributed by atoms with van der Waals surface area (Å²) in [5, 5.41) is 11.1. The summed E-state index contributed by atoms with van der Waals surface area (Å²) in [6.07, 6.45) is 0.739. The summed E-state index contributed by atoms with van der Waals surface area (Å²) in [6, 6.07) is 8.12. The van der Waals surface area contributed by atoms with Crippen LogP contribution in [0.1, 0.15) is 29.7 Å². The van der Waals surface area contributed by atoms with E-state index in [-0.39, 0.29) is 24.1 Å². The van der Waals surface area contributed by atoms with Crippen LogP contribution < -0.4 is 0 Å². The van der Waals surface area contributed by atoms with Crippen LogP contribution in [0, 0.1) is 21.7 Å². The Hall–Kier alpha value is -2.34. The first kappa shape index (κ1) is 15.6. The van der Waals surface area contributed by atoms with E-state index >= 15 is 0 Å². The van der Waals surface area contributed by atoms with E-state index in [1.54, 1.807) is 6.07 Å². The highest BCUT2D eigenvalue weighted by atomic mass is 19.1. The Morgan fingerprint density at radius 1 is 1.22 bits per heavy atom. The van der Waals surface area contributed by atoms with E-state index < -0.39 is 10.7 Å². The lowest BCUT2D eigenvalue weighted by Gasteiger charge is -2.35. The van der Waals surface area contributed by atoms with Crippen LogP contribution in [-0.4, -0.2) is 16.4 Å². The van der Waals surface area contributed by atoms with E-state index in [0.29, 0.717) is 12.1 Å². The summed E-state index contributed by atoms with van der Waals surface area (Å²) in [4.78, 5) is 12.6. The van der Waals surface area contributed by atoms with Crippen LogP contribution in [0.3, 0.4) is 0 Å². The summed E-state index contributed by atoms with van der Waals surface area (Å²) in [7, 11) is 0. The molecule has 0 N–H and O–H groups in total. The number of hydrogen-bond donors (Lipinski definition) is 0. The molecule has 1 heterocycles. The van der Waals surface area contributed by atoms with Gasteiger partial charge in [0, 0.05) is 30.8 Å². The van der Waals surface area contributed by atoms with Crippen molar-refractivity contribution in [2.24, 2.45) is 0 Å². The second-order valence-corrected chi connectivity index (χ2v) is 5.77. The molecule has 23 heavy (non-hydrogen) atoms. The monoisotopic (exact) mass is 318 g/mol. The molecule has 0 amide bonds. The summed E-state index contributed by atoms with van der Waals surface area (Å²) < 4.78 is 27.0. The number of benzene rings is 2. The lowest BCUT2D eigenvalue weighted by atomic mass is 9.93. The van der Waals surface area contributed by atoms with Gasteiger partial charge in [0.1, 0.15) is 11.6 Å². The van der Waals surface area contributed by atoms with Gasteiger partial charge in [0.2, 0.25) is 0 Å². The van der Waals surface area contributed by atoms with Gasteiger partial charge < -0.3 is 0 Å². The van der Waals surface area contributed by atoms with Crippen molar-refractivity contribution in [1.82, 2.24) is 4.90 Å². The van der Waals surface area contributed by atoms with Crippen molar-refractivity contribution in [2.75, 3.05) is 6.54 Å². The summed E-state index contributed by atoms with van der Waals surface area (Å²) in [5.74, 6) is -0.795. The number of halogens is 2. The van der Waals surface area contributed by atoms with Gasteiger partial charge in [-0.3, -0.25) is 15.0 Å². The third-order valence-electron chi connectivity index (χ3n) is 4.39. The van der Waals surface area contributed by atoms with Gasteiger partial charge >= 0.3 is 0 Å². The van der Waals surface area contributed by atoms with Crippen molar-refractivity contribution < 1.29 is 13.7 Å². The van der Waals surface area contributed by atoms with Crippen LogP contribution in [0.2, 0.25) is 0 Å². The summed E-state index contributed by atoms with van der Waals surface area (Å²) in [5.41, 5.74) is 2.21. The van der Waals surface area contributed by atoms with E-state index in [1.165, 1.54) is 24.3 Å². The Morgan fingerprint density at radius 2 is 1.91 bits per heavy atom. The fraction of sp³-hybridized carbons (Fsp3) is 0.294. The average Bonchev–Trinajstić information content (AvgIpc) is 2.50. The Labute approximate surface area is 132 Å². The predicted molar refractivity (Wildman–Crippen MR) is 82.0 cm³/mol. The van der Waals surface area contributed by atoms with Crippen LogP contribution in [0.25, 0.3) is 0 Å². The number of nitro groups is 1. The molecule has 1 atom stereocenters. The molecule has 2 aromatic rings. The van der Waals surface area contributed by atoms with Crippen LogP contribution in [0.15, 0.2) is 36.4 Å². The van der Waals surface area contributed by atoms with Gasteiger partial charge in [-0.25, -0.2) is 8.78 Å². The first-order chi connectivity index (χ1) is 11.0. The van der Waals surface area contributed by atoms with E-state index in [4.69, 9.17) is 0 Å². The fourth-order valence-corrected chi connectivity index (χ4v) is 3.13. The zero-order valence-corrected chi connectivity index (χ0v) is 12.6. The van der Waals surface area contributed by atoms with E-state index in [2.05, 4.69) is 0 Å². The predicted octanol–water partition coefficient (Wildman–Crippen LogP) is 3.99. The molecule has 0 fully saturated rings. The van der Waals surface area contributed by atoms with Gasteiger partial charge in [-0.1, -0.05) is 6.07 Å². The SMILES string of the molecule is CC1c2cc(F)ccc2CCN1Cc1cc(F)ccc1[N+](=O)[O-]. The lowest BCUT2D eigenvalue weighted by Crippen LogP contribution is -2.33. The van der Waals surface area contributed by atoms with Crippen molar-refractivity contribution in [3.8, 4) is 0 Å². The van der Waals surface area contributed by atoms with Crippen molar-refractivity contribution in [2.45, 2.75) is 25.9 Å². The van der Waals surface area contributed by atoms with Gasteiger partial charge in [-0.15, -0.1) is 0 Å². The standard InChI is InChI=1S/C17H16F2N2O2/c1-11-16-9-15(19)3-2-12(16)6-7-20(11)10-13-8-14(18)4-5-17(13)21(22)23/h2-5,8-9,11H,6-7,10H2,1H3. The fourth-order valence-electron chi connectivity index (χ4n) is 3.13. The molecule has 0 saturated carbocycles. The molecular formula is C17H16F2N2O2. The maximum Gasteiger partial charge on any atom is 0.274 e. The maximum atomic E-state index is 13.5. The normalized spacial score (nSPS) is 17.8. The van der Waals surface area contributed by atoms with Crippen LogP contribution in [0.5, 0.6) is 0 Å². The highest BCUT2D eigenvalue weighted by Gasteiger charge is 2.26. The van der Waals surface area contributed by atoms with Crippen molar-refractivity contribution in [1.29, 1.82) is 0 Å². The Kier molecular flexibility index (Phi) is 4.09. The second-order valence-electron chi connectivity index (χ2n) is 5.77. The zero-order valence-electron chi connectivity index (χ0n) is 12.6.